The summed E-state index contributed by atoms with van der Waals surface area (Å²) in [6.07, 6.45) is 3.28. The SMILES string of the molecule is O=C(O)C1(Cn2nnnc2-c2ccccc2I)CCCC1. The van der Waals surface area contributed by atoms with Crippen LogP contribution >= 0.6 is 22.6 Å². The summed E-state index contributed by atoms with van der Waals surface area (Å²) in [5.74, 6) is -0.114. The van der Waals surface area contributed by atoms with Crippen LogP contribution in [0.25, 0.3) is 11.4 Å². The number of aliphatic carboxylic acids is 1. The molecule has 2 aromatic rings. The summed E-state index contributed by atoms with van der Waals surface area (Å²) in [4.78, 5) is 11.7. The standard InChI is InChI=1S/C14H15IN4O2/c15-11-6-2-1-5-10(11)12-16-17-18-19(12)9-14(13(20)21)7-3-4-8-14/h1-2,5-6H,3-4,7-9H2,(H,20,21). The third-order valence-corrected chi connectivity index (χ3v) is 5.05. The third kappa shape index (κ3) is 2.66. The minimum atomic E-state index is -0.746. The molecule has 21 heavy (non-hydrogen) atoms. The maximum atomic E-state index is 11.7. The number of hydrogen-bond acceptors (Lipinski definition) is 4. The number of carboxylic acid groups (broad SMARTS) is 1. The predicted molar refractivity (Wildman–Crippen MR) is 84.5 cm³/mol. The van der Waals surface area contributed by atoms with Gasteiger partial charge in [-0.1, -0.05) is 31.0 Å². The Morgan fingerprint density at radius 3 is 2.71 bits per heavy atom. The third-order valence-electron chi connectivity index (χ3n) is 4.11. The molecule has 110 valence electrons. The van der Waals surface area contributed by atoms with Gasteiger partial charge in [0, 0.05) is 9.13 Å². The zero-order valence-electron chi connectivity index (χ0n) is 11.4. The molecule has 1 aromatic carbocycles. The van der Waals surface area contributed by atoms with E-state index >= 15 is 0 Å². The van der Waals surface area contributed by atoms with E-state index in [1.165, 1.54) is 0 Å². The van der Waals surface area contributed by atoms with Crippen LogP contribution in [0.2, 0.25) is 0 Å². The molecule has 1 N–H and O–H groups in total. The average Bonchev–Trinajstić information content (AvgIpc) is 3.10. The summed E-state index contributed by atoms with van der Waals surface area (Å²) < 4.78 is 2.68. The zero-order chi connectivity index (χ0) is 14.9. The van der Waals surface area contributed by atoms with Crippen LogP contribution in [0.4, 0.5) is 0 Å². The van der Waals surface area contributed by atoms with Crippen LogP contribution < -0.4 is 0 Å². The first-order valence-corrected chi connectivity index (χ1v) is 7.95. The van der Waals surface area contributed by atoms with Crippen molar-refractivity contribution in [3.8, 4) is 11.4 Å². The predicted octanol–water partition coefficient (Wildman–Crippen LogP) is 2.59. The van der Waals surface area contributed by atoms with Gasteiger partial charge in [-0.15, -0.1) is 5.10 Å². The molecule has 0 unspecified atom stereocenters. The molecule has 0 amide bonds. The van der Waals surface area contributed by atoms with Crippen LogP contribution in [-0.2, 0) is 11.3 Å². The van der Waals surface area contributed by atoms with Crippen LogP contribution in [0, 0.1) is 8.99 Å². The molecule has 1 fully saturated rings. The molecule has 0 radical (unpaired) electrons. The number of carboxylic acids is 1. The Bertz CT molecular complexity index is 664. The van der Waals surface area contributed by atoms with Gasteiger partial charge >= 0.3 is 5.97 Å². The van der Waals surface area contributed by atoms with Crippen LogP contribution in [0.3, 0.4) is 0 Å². The number of halogens is 1. The Balaban J connectivity index is 1.97. The number of rotatable bonds is 4. The molecule has 6 nitrogen and oxygen atoms in total. The normalized spacial score (nSPS) is 17.0. The number of aromatic nitrogens is 4. The lowest BCUT2D eigenvalue weighted by molar-refractivity contribution is -0.149. The van der Waals surface area contributed by atoms with E-state index in [0.29, 0.717) is 25.2 Å². The Kier molecular flexibility index (Phi) is 3.92. The van der Waals surface area contributed by atoms with Gasteiger partial charge in [0.15, 0.2) is 5.82 Å². The van der Waals surface area contributed by atoms with Crippen molar-refractivity contribution in [3.05, 3.63) is 27.8 Å². The van der Waals surface area contributed by atoms with Crippen LogP contribution in [0.15, 0.2) is 24.3 Å². The summed E-state index contributed by atoms with van der Waals surface area (Å²) in [5.41, 5.74) is 0.200. The van der Waals surface area contributed by atoms with Gasteiger partial charge in [0.1, 0.15) is 0 Å². The fraction of sp³-hybridized carbons (Fsp3) is 0.429. The lowest BCUT2D eigenvalue weighted by Gasteiger charge is -2.23. The number of carbonyl (C=O) groups is 1. The molecule has 0 bridgehead atoms. The second kappa shape index (κ2) is 5.70. The van der Waals surface area contributed by atoms with Gasteiger partial charge in [0.05, 0.1) is 12.0 Å². The lowest BCUT2D eigenvalue weighted by Crippen LogP contribution is -2.33. The summed E-state index contributed by atoms with van der Waals surface area (Å²) >= 11 is 2.23. The van der Waals surface area contributed by atoms with Gasteiger partial charge in [0.25, 0.3) is 0 Å². The topological polar surface area (TPSA) is 80.9 Å². The fourth-order valence-corrected chi connectivity index (χ4v) is 3.55. The van der Waals surface area contributed by atoms with E-state index in [0.717, 1.165) is 22.0 Å². The van der Waals surface area contributed by atoms with Crippen LogP contribution in [0.5, 0.6) is 0 Å². The quantitative estimate of drug-likeness (QED) is 0.801. The van der Waals surface area contributed by atoms with E-state index in [9.17, 15) is 9.90 Å². The second-order valence-corrected chi connectivity index (χ2v) is 6.59. The van der Waals surface area contributed by atoms with Crippen molar-refractivity contribution in [2.75, 3.05) is 0 Å². The molecule has 1 saturated carbocycles. The van der Waals surface area contributed by atoms with Gasteiger partial charge in [0.2, 0.25) is 0 Å². The number of benzene rings is 1. The van der Waals surface area contributed by atoms with Gasteiger partial charge < -0.3 is 5.11 Å². The Hall–Kier alpha value is -1.51. The second-order valence-electron chi connectivity index (χ2n) is 5.43. The first-order valence-electron chi connectivity index (χ1n) is 6.87. The van der Waals surface area contributed by atoms with E-state index < -0.39 is 11.4 Å². The number of nitrogens with zero attached hydrogens (tertiary/aromatic N) is 4. The lowest BCUT2D eigenvalue weighted by atomic mass is 9.86. The molecule has 0 atom stereocenters. The van der Waals surface area contributed by atoms with Crippen LogP contribution in [0.1, 0.15) is 25.7 Å². The molecule has 0 spiro atoms. The van der Waals surface area contributed by atoms with Crippen molar-refractivity contribution in [1.82, 2.24) is 20.2 Å². The fourth-order valence-electron chi connectivity index (χ4n) is 2.92. The highest BCUT2D eigenvalue weighted by atomic mass is 127. The van der Waals surface area contributed by atoms with Gasteiger partial charge in [-0.2, -0.15) is 0 Å². The zero-order valence-corrected chi connectivity index (χ0v) is 13.5. The molecule has 0 saturated heterocycles. The molecule has 0 aliphatic heterocycles. The maximum Gasteiger partial charge on any atom is 0.311 e. The molecule has 7 heteroatoms. The Morgan fingerprint density at radius 2 is 2.05 bits per heavy atom. The first-order chi connectivity index (χ1) is 10.1. The summed E-state index contributed by atoms with van der Waals surface area (Å²) in [6, 6.07) is 7.82. The number of tetrazole rings is 1. The summed E-state index contributed by atoms with van der Waals surface area (Å²) in [5, 5.41) is 21.4. The molecule has 1 aliphatic carbocycles. The van der Waals surface area contributed by atoms with Crippen molar-refractivity contribution in [3.63, 3.8) is 0 Å². The van der Waals surface area contributed by atoms with Crippen molar-refractivity contribution in [1.29, 1.82) is 0 Å². The molecule has 1 aromatic heterocycles. The molecule has 1 heterocycles. The molecular weight excluding hydrogens is 383 g/mol. The monoisotopic (exact) mass is 398 g/mol. The Morgan fingerprint density at radius 1 is 1.33 bits per heavy atom. The van der Waals surface area contributed by atoms with Crippen molar-refractivity contribution in [2.45, 2.75) is 32.2 Å². The molecule has 3 rings (SSSR count). The minimum absolute atomic E-state index is 0.329. The largest absolute Gasteiger partial charge is 0.481 e. The van der Waals surface area contributed by atoms with E-state index in [4.69, 9.17) is 0 Å². The van der Waals surface area contributed by atoms with E-state index in [1.54, 1.807) is 4.68 Å². The highest BCUT2D eigenvalue weighted by molar-refractivity contribution is 14.1. The van der Waals surface area contributed by atoms with E-state index in [-0.39, 0.29) is 0 Å². The first kappa shape index (κ1) is 14.4. The highest BCUT2D eigenvalue weighted by Gasteiger charge is 2.42. The van der Waals surface area contributed by atoms with Gasteiger partial charge in [-0.25, -0.2) is 4.68 Å². The highest BCUT2D eigenvalue weighted by Crippen LogP contribution is 2.40. The average molecular weight is 398 g/mol. The number of hydrogen-bond donors (Lipinski definition) is 1. The van der Waals surface area contributed by atoms with Crippen LogP contribution in [-0.4, -0.2) is 31.3 Å². The van der Waals surface area contributed by atoms with Crippen molar-refractivity contribution >= 4 is 28.6 Å². The van der Waals surface area contributed by atoms with E-state index in [1.807, 2.05) is 24.3 Å². The van der Waals surface area contributed by atoms with Gasteiger partial charge in [-0.3, -0.25) is 4.79 Å². The van der Waals surface area contributed by atoms with Gasteiger partial charge in [-0.05, 0) is 51.9 Å². The molecule has 1 aliphatic rings. The van der Waals surface area contributed by atoms with E-state index in [2.05, 4.69) is 38.1 Å². The minimum Gasteiger partial charge on any atom is -0.481 e. The smallest absolute Gasteiger partial charge is 0.311 e. The van der Waals surface area contributed by atoms with Crippen molar-refractivity contribution < 1.29 is 9.90 Å². The summed E-state index contributed by atoms with van der Waals surface area (Å²) in [6.45, 7) is 0.329. The van der Waals surface area contributed by atoms with Crippen molar-refractivity contribution in [2.24, 2.45) is 5.41 Å². The summed E-state index contributed by atoms with van der Waals surface area (Å²) in [7, 11) is 0. The Labute approximate surface area is 135 Å². The molecular formula is C14H15IN4O2. The maximum absolute atomic E-state index is 11.7.